The van der Waals surface area contributed by atoms with Crippen molar-refractivity contribution < 1.29 is 9.13 Å². The highest BCUT2D eigenvalue weighted by Crippen LogP contribution is 2.31. The van der Waals surface area contributed by atoms with Crippen LogP contribution in [0.2, 0.25) is 10.0 Å². The van der Waals surface area contributed by atoms with Gasteiger partial charge in [-0.1, -0.05) is 29.3 Å². The fourth-order valence-electron chi connectivity index (χ4n) is 1.83. The van der Waals surface area contributed by atoms with Crippen LogP contribution in [0.15, 0.2) is 36.4 Å². The zero-order chi connectivity index (χ0) is 14.0. The zero-order valence-corrected chi connectivity index (χ0v) is 11.7. The van der Waals surface area contributed by atoms with Crippen molar-refractivity contribution in [3.8, 4) is 5.75 Å². The molecule has 0 saturated heterocycles. The summed E-state index contributed by atoms with van der Waals surface area (Å²) in [4.78, 5) is 0. The van der Waals surface area contributed by atoms with E-state index < -0.39 is 11.9 Å². The summed E-state index contributed by atoms with van der Waals surface area (Å²) in [6.07, 6.45) is 0. The van der Waals surface area contributed by atoms with Crippen LogP contribution < -0.4 is 10.5 Å². The average molecular weight is 300 g/mol. The monoisotopic (exact) mass is 299 g/mol. The van der Waals surface area contributed by atoms with Gasteiger partial charge in [-0.3, -0.25) is 0 Å². The molecule has 1 atom stereocenters. The standard InChI is InChI=1S/C14H12Cl2FNO/c1-19-13-5-3-9(15)7-10(13)14(18)8-2-4-11(16)12(17)6-8/h2-7,14H,18H2,1H3. The highest BCUT2D eigenvalue weighted by molar-refractivity contribution is 6.31. The van der Waals surface area contributed by atoms with Crippen LogP contribution in [-0.2, 0) is 0 Å². The van der Waals surface area contributed by atoms with Gasteiger partial charge >= 0.3 is 0 Å². The van der Waals surface area contributed by atoms with Crippen molar-refractivity contribution >= 4 is 23.2 Å². The van der Waals surface area contributed by atoms with Crippen molar-refractivity contribution in [3.63, 3.8) is 0 Å². The lowest BCUT2D eigenvalue weighted by Crippen LogP contribution is -2.13. The topological polar surface area (TPSA) is 35.2 Å². The van der Waals surface area contributed by atoms with Crippen molar-refractivity contribution in [1.29, 1.82) is 0 Å². The maximum atomic E-state index is 13.5. The van der Waals surface area contributed by atoms with Crippen molar-refractivity contribution in [2.45, 2.75) is 6.04 Å². The van der Waals surface area contributed by atoms with Gasteiger partial charge in [-0.15, -0.1) is 0 Å². The molecule has 100 valence electrons. The molecule has 1 unspecified atom stereocenters. The third-order valence-corrected chi connectivity index (χ3v) is 3.37. The normalized spacial score (nSPS) is 12.3. The first-order chi connectivity index (χ1) is 9.02. The molecule has 0 radical (unpaired) electrons. The Hall–Kier alpha value is -1.29. The fraction of sp³-hybridized carbons (Fsp3) is 0.143. The van der Waals surface area contributed by atoms with Crippen LogP contribution in [0.5, 0.6) is 5.75 Å². The summed E-state index contributed by atoms with van der Waals surface area (Å²) in [5.41, 5.74) is 7.42. The molecule has 5 heteroatoms. The van der Waals surface area contributed by atoms with Crippen LogP contribution in [0.4, 0.5) is 4.39 Å². The summed E-state index contributed by atoms with van der Waals surface area (Å²) >= 11 is 11.6. The number of hydrogen-bond donors (Lipinski definition) is 1. The van der Waals surface area contributed by atoms with E-state index in [1.54, 1.807) is 31.4 Å². The Morgan fingerprint density at radius 1 is 1.16 bits per heavy atom. The second-order valence-electron chi connectivity index (χ2n) is 4.04. The van der Waals surface area contributed by atoms with E-state index in [0.717, 1.165) is 0 Å². The highest BCUT2D eigenvalue weighted by Gasteiger charge is 2.16. The number of rotatable bonds is 3. The molecular weight excluding hydrogens is 288 g/mol. The van der Waals surface area contributed by atoms with Crippen LogP contribution in [0.25, 0.3) is 0 Å². The third-order valence-electron chi connectivity index (χ3n) is 2.83. The highest BCUT2D eigenvalue weighted by atomic mass is 35.5. The van der Waals surface area contributed by atoms with Gasteiger partial charge < -0.3 is 10.5 Å². The number of ether oxygens (including phenoxy) is 1. The van der Waals surface area contributed by atoms with E-state index in [1.165, 1.54) is 12.1 Å². The van der Waals surface area contributed by atoms with E-state index in [0.29, 0.717) is 21.9 Å². The first-order valence-corrected chi connectivity index (χ1v) is 6.32. The summed E-state index contributed by atoms with van der Waals surface area (Å²) in [5, 5.41) is 0.606. The van der Waals surface area contributed by atoms with E-state index in [2.05, 4.69) is 0 Å². The predicted octanol–water partition coefficient (Wildman–Crippen LogP) is 4.19. The predicted molar refractivity (Wildman–Crippen MR) is 75.4 cm³/mol. The molecule has 0 fully saturated rings. The van der Waals surface area contributed by atoms with Gasteiger partial charge in [0.05, 0.1) is 18.2 Å². The second-order valence-corrected chi connectivity index (χ2v) is 4.88. The molecule has 2 rings (SSSR count). The summed E-state index contributed by atoms with van der Waals surface area (Å²) in [6, 6.07) is 9.06. The van der Waals surface area contributed by atoms with Crippen molar-refractivity contribution in [2.75, 3.05) is 7.11 Å². The van der Waals surface area contributed by atoms with Gasteiger partial charge in [-0.25, -0.2) is 4.39 Å². The molecule has 0 aliphatic carbocycles. The summed E-state index contributed by atoms with van der Waals surface area (Å²) in [7, 11) is 1.54. The van der Waals surface area contributed by atoms with Gasteiger partial charge in [-0.05, 0) is 35.9 Å². The van der Waals surface area contributed by atoms with Gasteiger partial charge in [-0.2, -0.15) is 0 Å². The average Bonchev–Trinajstić information content (AvgIpc) is 2.41. The lowest BCUT2D eigenvalue weighted by molar-refractivity contribution is 0.408. The first-order valence-electron chi connectivity index (χ1n) is 5.57. The van der Waals surface area contributed by atoms with E-state index in [1.807, 2.05) is 0 Å². The van der Waals surface area contributed by atoms with Crippen LogP contribution in [-0.4, -0.2) is 7.11 Å². The minimum Gasteiger partial charge on any atom is -0.496 e. The Balaban J connectivity index is 2.45. The number of hydrogen-bond acceptors (Lipinski definition) is 2. The van der Waals surface area contributed by atoms with Crippen LogP contribution in [0, 0.1) is 5.82 Å². The van der Waals surface area contributed by atoms with Gasteiger partial charge in [0.2, 0.25) is 0 Å². The van der Waals surface area contributed by atoms with E-state index in [9.17, 15) is 4.39 Å². The van der Waals surface area contributed by atoms with Crippen LogP contribution >= 0.6 is 23.2 Å². The Labute approximate surface area is 120 Å². The maximum absolute atomic E-state index is 13.5. The van der Waals surface area contributed by atoms with Gasteiger partial charge in [0.15, 0.2) is 0 Å². The number of benzene rings is 2. The molecule has 0 bridgehead atoms. The molecule has 0 spiro atoms. The largest absolute Gasteiger partial charge is 0.496 e. The van der Waals surface area contributed by atoms with Gasteiger partial charge in [0.1, 0.15) is 11.6 Å². The van der Waals surface area contributed by atoms with E-state index >= 15 is 0 Å². The third kappa shape index (κ3) is 3.00. The van der Waals surface area contributed by atoms with E-state index in [-0.39, 0.29) is 5.02 Å². The Morgan fingerprint density at radius 2 is 1.89 bits per heavy atom. The SMILES string of the molecule is COc1ccc(Cl)cc1C(N)c1ccc(Cl)c(F)c1. The Morgan fingerprint density at radius 3 is 2.53 bits per heavy atom. The lowest BCUT2D eigenvalue weighted by atomic mass is 9.98. The van der Waals surface area contributed by atoms with Crippen molar-refractivity contribution in [1.82, 2.24) is 0 Å². The molecule has 2 aromatic carbocycles. The molecule has 0 amide bonds. The fourth-order valence-corrected chi connectivity index (χ4v) is 2.13. The molecule has 0 aliphatic heterocycles. The zero-order valence-electron chi connectivity index (χ0n) is 10.2. The molecule has 0 saturated carbocycles. The lowest BCUT2D eigenvalue weighted by Gasteiger charge is -2.16. The molecular formula is C14H12Cl2FNO. The summed E-state index contributed by atoms with van der Waals surface area (Å²) in [5.74, 6) is 0.0999. The number of halogens is 3. The van der Waals surface area contributed by atoms with Crippen LogP contribution in [0.3, 0.4) is 0 Å². The minimum atomic E-state index is -0.541. The van der Waals surface area contributed by atoms with Gasteiger partial charge in [0.25, 0.3) is 0 Å². The molecule has 0 aliphatic rings. The maximum Gasteiger partial charge on any atom is 0.142 e. The van der Waals surface area contributed by atoms with Gasteiger partial charge in [0, 0.05) is 10.6 Å². The quantitative estimate of drug-likeness (QED) is 0.922. The number of methoxy groups -OCH3 is 1. The second kappa shape index (κ2) is 5.78. The smallest absolute Gasteiger partial charge is 0.142 e. The Bertz CT molecular complexity index is 604. The molecule has 2 nitrogen and oxygen atoms in total. The van der Waals surface area contributed by atoms with Crippen molar-refractivity contribution in [3.05, 3.63) is 63.4 Å². The summed E-state index contributed by atoms with van der Waals surface area (Å²) in [6.45, 7) is 0. The molecule has 0 heterocycles. The first kappa shape index (κ1) is 14.1. The van der Waals surface area contributed by atoms with E-state index in [4.69, 9.17) is 33.7 Å². The molecule has 2 N–H and O–H groups in total. The molecule has 19 heavy (non-hydrogen) atoms. The summed E-state index contributed by atoms with van der Waals surface area (Å²) < 4.78 is 18.7. The minimum absolute atomic E-state index is 0.0639. The molecule has 0 aromatic heterocycles. The number of nitrogens with two attached hydrogens (primary N) is 1. The van der Waals surface area contributed by atoms with Crippen LogP contribution in [0.1, 0.15) is 17.2 Å². The Kier molecular flexibility index (Phi) is 4.30. The molecule has 2 aromatic rings. The van der Waals surface area contributed by atoms with Crippen molar-refractivity contribution in [2.24, 2.45) is 5.73 Å².